The fraction of sp³-hybridized carbons (Fsp3) is 0.524. The van der Waals surface area contributed by atoms with Gasteiger partial charge in [-0.2, -0.15) is 0 Å². The van der Waals surface area contributed by atoms with Crippen LogP contribution in [0.15, 0.2) is 29.8 Å². The highest BCUT2D eigenvalue weighted by atomic mass is 32.2. The van der Waals surface area contributed by atoms with Crippen molar-refractivity contribution in [1.82, 2.24) is 10.2 Å². The van der Waals surface area contributed by atoms with Crippen molar-refractivity contribution in [2.24, 2.45) is 5.92 Å². The number of amides is 1. The third-order valence-corrected chi connectivity index (χ3v) is 6.68. The normalized spacial score (nSPS) is 24.6. The minimum Gasteiger partial charge on any atom is -0.331 e. The van der Waals surface area contributed by atoms with Gasteiger partial charge < -0.3 is 10.2 Å². The van der Waals surface area contributed by atoms with E-state index in [1.54, 1.807) is 11.8 Å². The number of fused-ring (bicyclic) bond motifs is 1. The minimum absolute atomic E-state index is 0.125. The molecule has 4 nitrogen and oxygen atoms in total. The van der Waals surface area contributed by atoms with Crippen LogP contribution in [0.25, 0.3) is 6.08 Å². The van der Waals surface area contributed by atoms with E-state index < -0.39 is 0 Å². The largest absolute Gasteiger partial charge is 0.331 e. The summed E-state index contributed by atoms with van der Waals surface area (Å²) in [6.45, 7) is 1.59. The molecular formula is C21H26N2O2S. The van der Waals surface area contributed by atoms with E-state index in [-0.39, 0.29) is 23.7 Å². The van der Waals surface area contributed by atoms with Crippen molar-refractivity contribution < 1.29 is 9.59 Å². The van der Waals surface area contributed by atoms with E-state index in [1.165, 1.54) is 16.7 Å². The summed E-state index contributed by atoms with van der Waals surface area (Å²) >= 11 is 1.79. The number of ketones is 1. The SMILES string of the molecule is O=C(CCCC1=Cc2ccccc2C1)C1CCN[C@H]1C(=O)N1CCSC1. The maximum atomic E-state index is 12.7. The first-order valence-corrected chi connectivity index (χ1v) is 10.8. The maximum Gasteiger partial charge on any atom is 0.241 e. The first kappa shape index (κ1) is 17.8. The smallest absolute Gasteiger partial charge is 0.241 e. The summed E-state index contributed by atoms with van der Waals surface area (Å²) in [7, 11) is 0. The number of nitrogens with one attached hydrogen (secondary N) is 1. The molecule has 26 heavy (non-hydrogen) atoms. The molecule has 1 unspecified atom stereocenters. The molecule has 1 aliphatic carbocycles. The molecule has 0 bridgehead atoms. The molecule has 3 aliphatic rings. The highest BCUT2D eigenvalue weighted by Crippen LogP contribution is 2.29. The highest BCUT2D eigenvalue weighted by Gasteiger charge is 2.39. The number of hydrogen-bond acceptors (Lipinski definition) is 4. The van der Waals surface area contributed by atoms with Crippen molar-refractivity contribution in [3.63, 3.8) is 0 Å². The van der Waals surface area contributed by atoms with Crippen molar-refractivity contribution in [1.29, 1.82) is 0 Å². The second kappa shape index (κ2) is 7.97. The zero-order chi connectivity index (χ0) is 17.9. The Kier molecular flexibility index (Phi) is 5.46. The zero-order valence-corrected chi connectivity index (χ0v) is 15.9. The van der Waals surface area contributed by atoms with Crippen molar-refractivity contribution in [3.8, 4) is 0 Å². The Morgan fingerprint density at radius 1 is 1.27 bits per heavy atom. The summed E-state index contributed by atoms with van der Waals surface area (Å²) in [5.74, 6) is 2.03. The maximum absolute atomic E-state index is 12.7. The van der Waals surface area contributed by atoms with Gasteiger partial charge in [-0.3, -0.25) is 9.59 Å². The van der Waals surface area contributed by atoms with Gasteiger partial charge in [0.05, 0.1) is 11.9 Å². The summed E-state index contributed by atoms with van der Waals surface area (Å²) in [6.07, 6.45) is 6.53. The molecule has 2 fully saturated rings. The van der Waals surface area contributed by atoms with Crippen LogP contribution in [0.4, 0.5) is 0 Å². The number of allylic oxidation sites excluding steroid dienone is 1. The lowest BCUT2D eigenvalue weighted by Gasteiger charge is -2.23. The molecule has 5 heteroatoms. The molecule has 2 aliphatic heterocycles. The van der Waals surface area contributed by atoms with Gasteiger partial charge in [0.15, 0.2) is 0 Å². The molecule has 0 aromatic heterocycles. The average molecular weight is 371 g/mol. The summed E-state index contributed by atoms with van der Waals surface area (Å²) in [6, 6.07) is 8.20. The molecule has 138 valence electrons. The molecule has 1 aromatic carbocycles. The zero-order valence-electron chi connectivity index (χ0n) is 15.1. The molecular weight excluding hydrogens is 344 g/mol. The topological polar surface area (TPSA) is 49.4 Å². The average Bonchev–Trinajstić information content (AvgIpc) is 3.40. The van der Waals surface area contributed by atoms with Gasteiger partial charge >= 0.3 is 0 Å². The molecule has 4 rings (SSSR count). The van der Waals surface area contributed by atoms with Crippen molar-refractivity contribution in [3.05, 3.63) is 41.0 Å². The fourth-order valence-corrected chi connectivity index (χ4v) is 5.24. The van der Waals surface area contributed by atoms with Crippen LogP contribution in [0.5, 0.6) is 0 Å². The van der Waals surface area contributed by atoms with Crippen molar-refractivity contribution in [2.75, 3.05) is 24.7 Å². The van der Waals surface area contributed by atoms with Gasteiger partial charge in [-0.1, -0.05) is 35.9 Å². The predicted octanol–water partition coefficient (Wildman–Crippen LogP) is 2.88. The molecule has 2 heterocycles. The van der Waals surface area contributed by atoms with E-state index in [9.17, 15) is 9.59 Å². The summed E-state index contributed by atoms with van der Waals surface area (Å²) < 4.78 is 0. The molecule has 1 amide bonds. The van der Waals surface area contributed by atoms with Crippen LogP contribution in [0.3, 0.4) is 0 Å². The van der Waals surface area contributed by atoms with Crippen LogP contribution in [-0.2, 0) is 16.0 Å². The van der Waals surface area contributed by atoms with E-state index in [0.29, 0.717) is 6.42 Å². The third kappa shape index (κ3) is 3.74. The van der Waals surface area contributed by atoms with E-state index in [2.05, 4.69) is 35.7 Å². The second-order valence-electron chi connectivity index (χ2n) is 7.46. The van der Waals surface area contributed by atoms with Gasteiger partial charge in [0.2, 0.25) is 5.91 Å². The Balaban J connectivity index is 1.27. The Morgan fingerprint density at radius 2 is 2.15 bits per heavy atom. The van der Waals surface area contributed by atoms with E-state index in [1.807, 2.05) is 4.90 Å². The number of nitrogens with zero attached hydrogens (tertiary/aromatic N) is 1. The van der Waals surface area contributed by atoms with Crippen LogP contribution in [0.2, 0.25) is 0 Å². The van der Waals surface area contributed by atoms with Crippen LogP contribution in [-0.4, -0.2) is 47.4 Å². The summed E-state index contributed by atoms with van der Waals surface area (Å²) in [5.41, 5.74) is 4.14. The molecule has 0 spiro atoms. The molecule has 0 radical (unpaired) electrons. The standard InChI is InChI=1S/C21H26N2O2S/c24-19(7-3-4-15-12-16-5-1-2-6-17(16)13-15)18-8-9-22-20(18)21(25)23-10-11-26-14-23/h1-2,5-6,12,18,20,22H,3-4,7-11,13-14H2/t18?,20-/m1/s1. The Bertz CT molecular complexity index is 724. The van der Waals surface area contributed by atoms with Crippen molar-refractivity contribution >= 4 is 29.5 Å². The number of thioether (sulfide) groups is 1. The van der Waals surface area contributed by atoms with Crippen molar-refractivity contribution in [2.45, 2.75) is 38.1 Å². The number of carbonyl (C=O) groups excluding carboxylic acids is 2. The Labute approximate surface area is 159 Å². The molecule has 2 saturated heterocycles. The highest BCUT2D eigenvalue weighted by molar-refractivity contribution is 7.99. The molecule has 2 atom stereocenters. The number of Topliss-reactive ketones (excluding diaryl/α,β-unsaturated/α-hetero) is 1. The predicted molar refractivity (Wildman–Crippen MR) is 106 cm³/mol. The van der Waals surface area contributed by atoms with E-state index in [4.69, 9.17) is 0 Å². The van der Waals surface area contributed by atoms with E-state index in [0.717, 1.165) is 50.4 Å². The number of hydrogen-bond donors (Lipinski definition) is 1. The minimum atomic E-state index is -0.295. The van der Waals surface area contributed by atoms with Crippen LogP contribution < -0.4 is 5.32 Å². The number of benzene rings is 1. The Hall–Kier alpha value is -1.59. The van der Waals surface area contributed by atoms with Gasteiger partial charge in [0.25, 0.3) is 0 Å². The fourth-order valence-electron chi connectivity index (χ4n) is 4.28. The first-order chi connectivity index (χ1) is 12.7. The van der Waals surface area contributed by atoms with Crippen LogP contribution >= 0.6 is 11.8 Å². The number of rotatable bonds is 6. The lowest BCUT2D eigenvalue weighted by atomic mass is 9.91. The molecule has 0 saturated carbocycles. The third-order valence-electron chi connectivity index (χ3n) is 5.72. The van der Waals surface area contributed by atoms with Gasteiger partial charge in [0.1, 0.15) is 5.78 Å². The van der Waals surface area contributed by atoms with E-state index >= 15 is 0 Å². The quantitative estimate of drug-likeness (QED) is 0.837. The van der Waals surface area contributed by atoms with Crippen LogP contribution in [0, 0.1) is 5.92 Å². The van der Waals surface area contributed by atoms with Crippen LogP contribution in [0.1, 0.15) is 36.8 Å². The monoisotopic (exact) mass is 370 g/mol. The molecule has 1 N–H and O–H groups in total. The Morgan fingerprint density at radius 3 is 2.96 bits per heavy atom. The summed E-state index contributed by atoms with van der Waals surface area (Å²) in [5, 5.41) is 3.27. The molecule has 1 aromatic rings. The second-order valence-corrected chi connectivity index (χ2v) is 8.54. The van der Waals surface area contributed by atoms with Gasteiger partial charge in [-0.05, 0) is 43.4 Å². The number of carbonyl (C=O) groups is 2. The van der Waals surface area contributed by atoms with Gasteiger partial charge in [0, 0.05) is 24.6 Å². The van der Waals surface area contributed by atoms with Gasteiger partial charge in [-0.25, -0.2) is 0 Å². The summed E-state index contributed by atoms with van der Waals surface area (Å²) in [4.78, 5) is 27.3. The lowest BCUT2D eigenvalue weighted by molar-refractivity contribution is -0.136. The van der Waals surface area contributed by atoms with Gasteiger partial charge in [-0.15, -0.1) is 11.8 Å². The first-order valence-electron chi connectivity index (χ1n) is 9.62. The lowest BCUT2D eigenvalue weighted by Crippen LogP contribution is -2.47.